The van der Waals surface area contributed by atoms with Crippen molar-refractivity contribution < 1.29 is 18.9 Å². The predicted octanol–water partition coefficient (Wildman–Crippen LogP) is 1.65. The largest absolute Gasteiger partial charge is 0.481 e. The monoisotopic (exact) mass is 412 g/mol. The molecule has 1 spiro atoms. The van der Waals surface area contributed by atoms with Crippen molar-refractivity contribution >= 4 is 17.0 Å². The zero-order valence-electron chi connectivity index (χ0n) is 17.0. The number of benzene rings is 1. The van der Waals surface area contributed by atoms with Crippen LogP contribution in [0.3, 0.4) is 0 Å². The third kappa shape index (κ3) is 3.52. The summed E-state index contributed by atoms with van der Waals surface area (Å²) >= 11 is 0. The minimum Gasteiger partial charge on any atom is -0.481 e. The Morgan fingerprint density at radius 1 is 1.10 bits per heavy atom. The van der Waals surface area contributed by atoms with Gasteiger partial charge in [-0.3, -0.25) is 0 Å². The fraction of sp³-hybridized carbons (Fsp3) is 0.500. The van der Waals surface area contributed by atoms with Crippen LogP contribution >= 0.6 is 0 Å². The summed E-state index contributed by atoms with van der Waals surface area (Å²) in [5.41, 5.74) is 1.88. The lowest BCUT2D eigenvalue weighted by Gasteiger charge is -2.38. The normalized spacial score (nSPS) is 20.7. The third-order valence-corrected chi connectivity index (χ3v) is 5.60. The molecule has 0 amide bonds. The molecule has 0 bridgehead atoms. The highest BCUT2D eigenvalue weighted by Gasteiger charge is 2.44. The molecule has 1 atom stereocenters. The van der Waals surface area contributed by atoms with E-state index in [0.717, 1.165) is 37.0 Å². The Labute approximate surface area is 173 Å². The molecule has 158 valence electrons. The standard InChI is InChI=1S/C20H24N6O4/c1-27-17-11-18(28-2)22-19(21-17)25-9-7-20(8-10-25)29-13-14(30-20)12-26-16-6-4-3-5-15(16)23-24-26/h3-6,11,14H,7-10,12-13H2,1-2H3. The van der Waals surface area contributed by atoms with E-state index in [4.69, 9.17) is 18.9 Å². The summed E-state index contributed by atoms with van der Waals surface area (Å²) < 4.78 is 24.9. The summed E-state index contributed by atoms with van der Waals surface area (Å²) in [5, 5.41) is 8.47. The number of hydrogen-bond acceptors (Lipinski definition) is 9. The van der Waals surface area contributed by atoms with Gasteiger partial charge in [0.2, 0.25) is 17.7 Å². The van der Waals surface area contributed by atoms with E-state index in [1.54, 1.807) is 20.3 Å². The van der Waals surface area contributed by atoms with Gasteiger partial charge < -0.3 is 23.8 Å². The summed E-state index contributed by atoms with van der Waals surface area (Å²) in [5.74, 6) is 0.974. The van der Waals surface area contributed by atoms with E-state index in [1.165, 1.54) is 0 Å². The van der Waals surface area contributed by atoms with Crippen molar-refractivity contribution in [2.24, 2.45) is 0 Å². The summed E-state index contributed by atoms with van der Waals surface area (Å²) in [6.45, 7) is 2.59. The number of rotatable bonds is 5. The molecular weight excluding hydrogens is 388 g/mol. The molecule has 10 nitrogen and oxygen atoms in total. The van der Waals surface area contributed by atoms with Crippen molar-refractivity contribution in [1.82, 2.24) is 25.0 Å². The van der Waals surface area contributed by atoms with Crippen LogP contribution in [0.1, 0.15) is 12.8 Å². The molecule has 10 heteroatoms. The number of ether oxygens (including phenoxy) is 4. The minimum atomic E-state index is -0.569. The number of nitrogens with zero attached hydrogens (tertiary/aromatic N) is 6. The SMILES string of the molecule is COc1cc(OC)nc(N2CCC3(CC2)OCC(Cn2nnc4ccccc42)O3)n1. The van der Waals surface area contributed by atoms with Crippen molar-refractivity contribution in [2.75, 3.05) is 38.8 Å². The van der Waals surface area contributed by atoms with Crippen molar-refractivity contribution in [3.63, 3.8) is 0 Å². The molecule has 2 aliphatic heterocycles. The Bertz CT molecular complexity index is 1010. The molecule has 5 rings (SSSR count). The first-order chi connectivity index (χ1) is 14.7. The van der Waals surface area contributed by atoms with E-state index in [0.29, 0.717) is 30.9 Å². The predicted molar refractivity (Wildman–Crippen MR) is 108 cm³/mol. The van der Waals surface area contributed by atoms with E-state index in [9.17, 15) is 0 Å². The molecule has 2 saturated heterocycles. The average Bonchev–Trinajstić information content (AvgIpc) is 3.38. The van der Waals surface area contributed by atoms with Gasteiger partial charge in [0.05, 0.1) is 39.0 Å². The van der Waals surface area contributed by atoms with Gasteiger partial charge in [-0.2, -0.15) is 9.97 Å². The van der Waals surface area contributed by atoms with E-state index in [-0.39, 0.29) is 6.10 Å². The van der Waals surface area contributed by atoms with Crippen LogP contribution in [0.15, 0.2) is 30.3 Å². The first kappa shape index (κ1) is 19.0. The maximum atomic E-state index is 6.36. The van der Waals surface area contributed by atoms with Crippen molar-refractivity contribution in [3.8, 4) is 11.8 Å². The van der Waals surface area contributed by atoms with Crippen LogP contribution in [0.5, 0.6) is 11.8 Å². The highest BCUT2D eigenvalue weighted by Crippen LogP contribution is 2.36. The van der Waals surface area contributed by atoms with Crippen LogP contribution in [-0.4, -0.2) is 70.8 Å². The maximum Gasteiger partial charge on any atom is 0.231 e. The highest BCUT2D eigenvalue weighted by molar-refractivity contribution is 5.73. The topological polar surface area (TPSA) is 96.7 Å². The zero-order valence-corrected chi connectivity index (χ0v) is 17.0. The molecule has 2 aromatic heterocycles. The molecule has 1 unspecified atom stereocenters. The minimum absolute atomic E-state index is 0.0604. The van der Waals surface area contributed by atoms with Crippen LogP contribution in [0.25, 0.3) is 11.0 Å². The summed E-state index contributed by atoms with van der Waals surface area (Å²) in [7, 11) is 3.16. The lowest BCUT2D eigenvalue weighted by molar-refractivity contribution is -0.181. The number of methoxy groups -OCH3 is 2. The van der Waals surface area contributed by atoms with Gasteiger partial charge in [0.1, 0.15) is 11.6 Å². The zero-order chi connectivity index (χ0) is 20.6. The number of aromatic nitrogens is 5. The molecule has 0 aliphatic carbocycles. The first-order valence-corrected chi connectivity index (χ1v) is 10.00. The Hall–Kier alpha value is -2.98. The van der Waals surface area contributed by atoms with Gasteiger partial charge in [-0.1, -0.05) is 17.3 Å². The van der Waals surface area contributed by atoms with E-state index >= 15 is 0 Å². The molecule has 0 N–H and O–H groups in total. The highest BCUT2D eigenvalue weighted by atomic mass is 16.7. The number of piperidine rings is 1. The van der Waals surface area contributed by atoms with Gasteiger partial charge in [0.15, 0.2) is 5.79 Å². The Morgan fingerprint density at radius 2 is 1.83 bits per heavy atom. The second kappa shape index (κ2) is 7.69. The quantitative estimate of drug-likeness (QED) is 0.620. The summed E-state index contributed by atoms with van der Waals surface area (Å²) in [6.07, 6.45) is 1.39. The molecular formula is C20H24N6O4. The number of fused-ring (bicyclic) bond motifs is 1. The van der Waals surface area contributed by atoms with Gasteiger partial charge in [0, 0.05) is 25.9 Å². The third-order valence-electron chi connectivity index (χ3n) is 5.60. The summed E-state index contributed by atoms with van der Waals surface area (Å²) in [6, 6.07) is 9.58. The molecule has 4 heterocycles. The van der Waals surface area contributed by atoms with Crippen LogP contribution < -0.4 is 14.4 Å². The maximum absolute atomic E-state index is 6.36. The Balaban J connectivity index is 1.23. The lowest BCUT2D eigenvalue weighted by atomic mass is 10.0. The second-order valence-corrected chi connectivity index (χ2v) is 7.46. The van der Waals surface area contributed by atoms with Crippen LogP contribution in [0.2, 0.25) is 0 Å². The van der Waals surface area contributed by atoms with Gasteiger partial charge in [-0.25, -0.2) is 4.68 Å². The smallest absolute Gasteiger partial charge is 0.231 e. The molecule has 30 heavy (non-hydrogen) atoms. The Kier molecular flexibility index (Phi) is 4.87. The van der Waals surface area contributed by atoms with Gasteiger partial charge >= 0.3 is 0 Å². The van der Waals surface area contributed by atoms with Crippen LogP contribution in [-0.2, 0) is 16.0 Å². The first-order valence-electron chi connectivity index (χ1n) is 10.00. The molecule has 0 saturated carbocycles. The molecule has 2 aliphatic rings. The number of para-hydroxylation sites is 1. The van der Waals surface area contributed by atoms with Gasteiger partial charge in [-0.05, 0) is 12.1 Å². The number of anilines is 1. The van der Waals surface area contributed by atoms with Crippen LogP contribution in [0, 0.1) is 0 Å². The average molecular weight is 412 g/mol. The lowest BCUT2D eigenvalue weighted by Crippen LogP contribution is -2.46. The van der Waals surface area contributed by atoms with E-state index < -0.39 is 5.79 Å². The fourth-order valence-electron chi connectivity index (χ4n) is 4.00. The van der Waals surface area contributed by atoms with Gasteiger partial charge in [-0.15, -0.1) is 5.10 Å². The van der Waals surface area contributed by atoms with E-state index in [1.807, 2.05) is 28.9 Å². The fourth-order valence-corrected chi connectivity index (χ4v) is 4.00. The number of hydrogen-bond donors (Lipinski definition) is 0. The summed E-state index contributed by atoms with van der Waals surface area (Å²) in [4.78, 5) is 11.0. The molecule has 2 fully saturated rings. The van der Waals surface area contributed by atoms with Crippen molar-refractivity contribution in [2.45, 2.75) is 31.3 Å². The van der Waals surface area contributed by atoms with Crippen molar-refractivity contribution in [3.05, 3.63) is 30.3 Å². The second-order valence-electron chi connectivity index (χ2n) is 7.46. The van der Waals surface area contributed by atoms with Crippen LogP contribution in [0.4, 0.5) is 5.95 Å². The molecule has 0 radical (unpaired) electrons. The molecule has 1 aromatic carbocycles. The van der Waals surface area contributed by atoms with Gasteiger partial charge in [0.25, 0.3) is 0 Å². The molecule has 3 aromatic rings. The Morgan fingerprint density at radius 3 is 2.57 bits per heavy atom. The van der Waals surface area contributed by atoms with Crippen molar-refractivity contribution in [1.29, 1.82) is 0 Å². The van der Waals surface area contributed by atoms with E-state index in [2.05, 4.69) is 25.2 Å².